The maximum absolute atomic E-state index is 11.6. The van der Waals surface area contributed by atoms with Crippen LogP contribution in [0, 0.1) is 0 Å². The first-order valence-corrected chi connectivity index (χ1v) is 5.73. The van der Waals surface area contributed by atoms with Crippen molar-refractivity contribution in [3.8, 4) is 0 Å². The lowest BCUT2D eigenvalue weighted by Gasteiger charge is -2.26. The molecule has 0 spiro atoms. The first kappa shape index (κ1) is 11.8. The lowest BCUT2D eigenvalue weighted by Crippen LogP contribution is -2.48. The molecule has 0 radical (unpaired) electrons. The van der Waals surface area contributed by atoms with Gasteiger partial charge in [-0.15, -0.1) is 0 Å². The molecule has 1 fully saturated rings. The van der Waals surface area contributed by atoms with Gasteiger partial charge in [-0.25, -0.2) is 4.98 Å². The average Bonchev–Trinajstić information content (AvgIpc) is 2.39. The fourth-order valence-corrected chi connectivity index (χ4v) is 1.68. The Hall–Kier alpha value is -1.66. The van der Waals surface area contributed by atoms with Crippen molar-refractivity contribution < 1.29 is 4.79 Å². The van der Waals surface area contributed by atoms with Crippen molar-refractivity contribution in [3.63, 3.8) is 0 Å². The third-order valence-corrected chi connectivity index (χ3v) is 2.57. The molecule has 0 bridgehead atoms. The first-order valence-electron chi connectivity index (χ1n) is 5.73. The fourth-order valence-electron chi connectivity index (χ4n) is 1.68. The molecule has 6 nitrogen and oxygen atoms in total. The summed E-state index contributed by atoms with van der Waals surface area (Å²) in [5.41, 5.74) is 5.41. The second kappa shape index (κ2) is 6.17. The number of aromatic nitrogens is 1. The standard InChI is InChI=1S/C11H17N5O/c17-11(9-16-7-5-12-6-8-16)15-14-10-3-1-2-4-13-10/h1-4,12H,5-9H2,(H,13,14)(H,15,17). The SMILES string of the molecule is O=C(CN1CCNCC1)NNc1ccccn1. The summed E-state index contributed by atoms with van der Waals surface area (Å²) in [6.07, 6.45) is 1.67. The molecule has 2 heterocycles. The lowest BCUT2D eigenvalue weighted by atomic mass is 10.3. The highest BCUT2D eigenvalue weighted by Gasteiger charge is 2.12. The van der Waals surface area contributed by atoms with Crippen LogP contribution in [0.5, 0.6) is 0 Å². The zero-order valence-electron chi connectivity index (χ0n) is 9.65. The van der Waals surface area contributed by atoms with Crippen molar-refractivity contribution in [2.45, 2.75) is 0 Å². The molecule has 3 N–H and O–H groups in total. The van der Waals surface area contributed by atoms with E-state index in [0.29, 0.717) is 12.4 Å². The number of carbonyl (C=O) groups excluding carboxylic acids is 1. The quantitative estimate of drug-likeness (QED) is 0.610. The molecule has 0 atom stereocenters. The number of piperazine rings is 1. The van der Waals surface area contributed by atoms with Gasteiger partial charge in [-0.05, 0) is 12.1 Å². The van der Waals surface area contributed by atoms with Gasteiger partial charge in [0.2, 0.25) is 0 Å². The van der Waals surface area contributed by atoms with E-state index in [1.807, 2.05) is 12.1 Å². The Bertz CT molecular complexity index is 350. The van der Waals surface area contributed by atoms with Gasteiger partial charge in [0.05, 0.1) is 6.54 Å². The predicted octanol–water partition coefficient (Wildman–Crippen LogP) is -0.570. The van der Waals surface area contributed by atoms with E-state index in [-0.39, 0.29) is 5.91 Å². The molecular weight excluding hydrogens is 218 g/mol. The second-order valence-corrected chi connectivity index (χ2v) is 3.91. The molecule has 92 valence electrons. The molecule has 1 saturated heterocycles. The summed E-state index contributed by atoms with van der Waals surface area (Å²) in [5, 5.41) is 3.25. The third kappa shape index (κ3) is 4.01. The fraction of sp³-hybridized carbons (Fsp3) is 0.455. The van der Waals surface area contributed by atoms with Crippen molar-refractivity contribution >= 4 is 11.7 Å². The summed E-state index contributed by atoms with van der Waals surface area (Å²) < 4.78 is 0. The van der Waals surface area contributed by atoms with Crippen molar-refractivity contribution in [1.29, 1.82) is 0 Å². The van der Waals surface area contributed by atoms with Crippen LogP contribution in [0.4, 0.5) is 5.82 Å². The Labute approximate surface area is 100 Å². The van der Waals surface area contributed by atoms with Gasteiger partial charge in [0, 0.05) is 32.4 Å². The van der Waals surface area contributed by atoms with Gasteiger partial charge in [-0.3, -0.25) is 20.5 Å². The average molecular weight is 235 g/mol. The highest BCUT2D eigenvalue weighted by Crippen LogP contribution is 1.97. The van der Waals surface area contributed by atoms with Crippen LogP contribution in [0.2, 0.25) is 0 Å². The Balaban J connectivity index is 1.70. The van der Waals surface area contributed by atoms with E-state index in [4.69, 9.17) is 0 Å². The molecule has 1 aromatic heterocycles. The Morgan fingerprint density at radius 3 is 2.94 bits per heavy atom. The monoisotopic (exact) mass is 235 g/mol. The van der Waals surface area contributed by atoms with E-state index in [0.717, 1.165) is 26.2 Å². The van der Waals surface area contributed by atoms with Crippen LogP contribution in [-0.2, 0) is 4.79 Å². The summed E-state index contributed by atoms with van der Waals surface area (Å²) >= 11 is 0. The van der Waals surface area contributed by atoms with E-state index in [1.54, 1.807) is 12.3 Å². The molecule has 0 aliphatic carbocycles. The smallest absolute Gasteiger partial charge is 0.252 e. The number of nitrogens with one attached hydrogen (secondary N) is 3. The van der Waals surface area contributed by atoms with Crippen LogP contribution in [0.3, 0.4) is 0 Å². The number of hydrazine groups is 1. The van der Waals surface area contributed by atoms with Crippen LogP contribution in [0.25, 0.3) is 0 Å². The minimum Gasteiger partial charge on any atom is -0.314 e. The molecule has 0 saturated carbocycles. The lowest BCUT2D eigenvalue weighted by molar-refractivity contribution is -0.121. The van der Waals surface area contributed by atoms with Crippen LogP contribution in [0.1, 0.15) is 0 Å². The molecule has 1 amide bonds. The second-order valence-electron chi connectivity index (χ2n) is 3.91. The van der Waals surface area contributed by atoms with Gasteiger partial charge >= 0.3 is 0 Å². The molecule has 2 rings (SSSR count). The van der Waals surface area contributed by atoms with Crippen LogP contribution < -0.4 is 16.2 Å². The zero-order valence-corrected chi connectivity index (χ0v) is 9.65. The number of hydrogen-bond acceptors (Lipinski definition) is 5. The Morgan fingerprint density at radius 1 is 1.41 bits per heavy atom. The number of nitrogens with zero attached hydrogens (tertiary/aromatic N) is 2. The molecule has 0 aromatic carbocycles. The van der Waals surface area contributed by atoms with Gasteiger partial charge < -0.3 is 5.32 Å². The van der Waals surface area contributed by atoms with E-state index < -0.39 is 0 Å². The number of carbonyl (C=O) groups is 1. The molecular formula is C11H17N5O. The minimum atomic E-state index is -0.0439. The van der Waals surface area contributed by atoms with Crippen molar-refractivity contribution in [1.82, 2.24) is 20.6 Å². The van der Waals surface area contributed by atoms with Crippen molar-refractivity contribution in [3.05, 3.63) is 24.4 Å². The summed E-state index contributed by atoms with van der Waals surface area (Å²) in [4.78, 5) is 17.8. The largest absolute Gasteiger partial charge is 0.314 e. The molecule has 6 heteroatoms. The highest BCUT2D eigenvalue weighted by molar-refractivity contribution is 5.79. The van der Waals surface area contributed by atoms with E-state index >= 15 is 0 Å². The van der Waals surface area contributed by atoms with Gasteiger partial charge in [-0.2, -0.15) is 0 Å². The predicted molar refractivity (Wildman–Crippen MR) is 65.3 cm³/mol. The first-order chi connectivity index (χ1) is 8.34. The zero-order chi connectivity index (χ0) is 11.9. The van der Waals surface area contributed by atoms with Crippen LogP contribution in [0.15, 0.2) is 24.4 Å². The van der Waals surface area contributed by atoms with Crippen LogP contribution >= 0.6 is 0 Å². The van der Waals surface area contributed by atoms with E-state index in [9.17, 15) is 4.79 Å². The number of anilines is 1. The number of rotatable bonds is 4. The maximum atomic E-state index is 11.6. The normalized spacial score (nSPS) is 16.5. The molecule has 1 aliphatic rings. The topological polar surface area (TPSA) is 69.3 Å². The van der Waals surface area contributed by atoms with Crippen molar-refractivity contribution in [2.75, 3.05) is 38.1 Å². The summed E-state index contributed by atoms with van der Waals surface area (Å²) in [7, 11) is 0. The molecule has 1 aromatic rings. The van der Waals surface area contributed by atoms with Crippen LogP contribution in [-0.4, -0.2) is 48.5 Å². The minimum absolute atomic E-state index is 0.0439. The highest BCUT2D eigenvalue weighted by atomic mass is 16.2. The van der Waals surface area contributed by atoms with Crippen molar-refractivity contribution in [2.24, 2.45) is 0 Å². The summed E-state index contributed by atoms with van der Waals surface area (Å²) in [6.45, 7) is 4.14. The summed E-state index contributed by atoms with van der Waals surface area (Å²) in [6, 6.07) is 5.48. The number of pyridine rings is 1. The van der Waals surface area contributed by atoms with Gasteiger partial charge in [-0.1, -0.05) is 6.07 Å². The number of hydrogen-bond donors (Lipinski definition) is 3. The maximum Gasteiger partial charge on any atom is 0.252 e. The Kier molecular flexibility index (Phi) is 4.29. The molecule has 0 unspecified atom stereocenters. The van der Waals surface area contributed by atoms with Gasteiger partial charge in [0.15, 0.2) is 0 Å². The Morgan fingerprint density at radius 2 is 2.24 bits per heavy atom. The van der Waals surface area contributed by atoms with Gasteiger partial charge in [0.25, 0.3) is 5.91 Å². The summed E-state index contributed by atoms with van der Waals surface area (Å²) in [5.74, 6) is 0.596. The van der Waals surface area contributed by atoms with E-state index in [2.05, 4.69) is 26.1 Å². The third-order valence-electron chi connectivity index (χ3n) is 2.57. The van der Waals surface area contributed by atoms with Gasteiger partial charge in [0.1, 0.15) is 5.82 Å². The molecule has 1 aliphatic heterocycles. The van der Waals surface area contributed by atoms with E-state index in [1.165, 1.54) is 0 Å². The number of amides is 1. The molecule has 17 heavy (non-hydrogen) atoms.